The minimum absolute atomic E-state index is 0.0442. The number of hydrogen-bond donors (Lipinski definition) is 2. The van der Waals surface area contributed by atoms with Gasteiger partial charge in [0.1, 0.15) is 5.69 Å². The molecule has 0 spiro atoms. The van der Waals surface area contributed by atoms with Gasteiger partial charge in [0.2, 0.25) is 5.95 Å². The second-order valence-electron chi connectivity index (χ2n) is 4.28. The van der Waals surface area contributed by atoms with Gasteiger partial charge in [0, 0.05) is 0 Å². The Kier molecular flexibility index (Phi) is 3.68. The summed E-state index contributed by atoms with van der Waals surface area (Å²) in [7, 11) is 0. The van der Waals surface area contributed by atoms with Crippen LogP contribution in [0.2, 0.25) is 0 Å². The molecule has 1 aromatic rings. The number of aromatic nitrogens is 1. The molecule has 1 aliphatic carbocycles. The third kappa shape index (κ3) is 3.00. The zero-order chi connectivity index (χ0) is 12.3. The summed E-state index contributed by atoms with van der Waals surface area (Å²) in [6, 6.07) is 3.83. The van der Waals surface area contributed by atoms with Gasteiger partial charge in [-0.25, -0.2) is 4.98 Å². The van der Waals surface area contributed by atoms with Crippen LogP contribution in [-0.4, -0.2) is 28.1 Å². The summed E-state index contributed by atoms with van der Waals surface area (Å²) in [6.07, 6.45) is 2.90. The topological polar surface area (TPSA) is 62.2 Å². The van der Waals surface area contributed by atoms with Crippen molar-refractivity contribution in [3.05, 3.63) is 29.8 Å². The van der Waals surface area contributed by atoms with Gasteiger partial charge in [0.05, 0.1) is 12.1 Å². The maximum Gasteiger partial charge on any atom is 0.270 e. The van der Waals surface area contributed by atoms with Crippen LogP contribution < -0.4 is 5.32 Å². The van der Waals surface area contributed by atoms with Crippen LogP contribution in [0.4, 0.5) is 4.39 Å². The lowest BCUT2D eigenvalue weighted by Gasteiger charge is -2.28. The molecule has 0 saturated heterocycles. The smallest absolute Gasteiger partial charge is 0.270 e. The Hall–Kier alpha value is -1.49. The first kappa shape index (κ1) is 12.0. The van der Waals surface area contributed by atoms with E-state index in [1.807, 2.05) is 0 Å². The third-order valence-electron chi connectivity index (χ3n) is 2.99. The molecule has 1 saturated carbocycles. The van der Waals surface area contributed by atoms with E-state index in [4.69, 9.17) is 0 Å². The molecule has 5 heteroatoms. The van der Waals surface area contributed by atoms with Gasteiger partial charge >= 0.3 is 0 Å². The number of aliphatic hydroxyl groups is 1. The zero-order valence-electron chi connectivity index (χ0n) is 9.40. The highest BCUT2D eigenvalue weighted by atomic mass is 19.1. The van der Waals surface area contributed by atoms with E-state index >= 15 is 0 Å². The van der Waals surface area contributed by atoms with Crippen molar-refractivity contribution in [3.63, 3.8) is 0 Å². The van der Waals surface area contributed by atoms with Gasteiger partial charge in [0.15, 0.2) is 0 Å². The molecule has 2 atom stereocenters. The minimum Gasteiger partial charge on any atom is -0.391 e. The molecular weight excluding hydrogens is 223 g/mol. The van der Waals surface area contributed by atoms with E-state index in [9.17, 15) is 14.3 Å². The maximum atomic E-state index is 12.8. The number of amides is 1. The number of nitrogens with zero attached hydrogens (tertiary/aromatic N) is 1. The quantitative estimate of drug-likeness (QED) is 0.762. The summed E-state index contributed by atoms with van der Waals surface area (Å²) < 4.78 is 12.8. The molecule has 4 nitrogen and oxygen atoms in total. The van der Waals surface area contributed by atoms with Crippen LogP contribution in [-0.2, 0) is 0 Å². The number of halogens is 1. The zero-order valence-corrected chi connectivity index (χ0v) is 9.40. The van der Waals surface area contributed by atoms with Gasteiger partial charge in [-0.15, -0.1) is 0 Å². The predicted molar refractivity (Wildman–Crippen MR) is 59.9 cm³/mol. The molecule has 2 N–H and O–H groups in total. The standard InChI is InChI=1S/C12H15FN2O2/c13-11-7-3-5-9(14-11)12(17)15-8-4-1-2-6-10(8)16/h3,5,7-8,10,16H,1-2,4,6H2,(H,15,17). The van der Waals surface area contributed by atoms with Crippen LogP contribution in [0.25, 0.3) is 0 Å². The van der Waals surface area contributed by atoms with E-state index in [1.165, 1.54) is 18.2 Å². The van der Waals surface area contributed by atoms with Crippen molar-refractivity contribution in [1.29, 1.82) is 0 Å². The fourth-order valence-electron chi connectivity index (χ4n) is 2.06. The Morgan fingerprint density at radius 1 is 1.41 bits per heavy atom. The Labute approximate surface area is 98.9 Å². The lowest BCUT2D eigenvalue weighted by Crippen LogP contribution is -2.45. The van der Waals surface area contributed by atoms with Crippen molar-refractivity contribution >= 4 is 5.91 Å². The highest BCUT2D eigenvalue weighted by Crippen LogP contribution is 2.18. The Bertz CT molecular complexity index is 411. The molecule has 0 radical (unpaired) electrons. The molecule has 1 aromatic heterocycles. The largest absolute Gasteiger partial charge is 0.391 e. The van der Waals surface area contributed by atoms with Gasteiger partial charge in [-0.05, 0) is 25.0 Å². The molecule has 17 heavy (non-hydrogen) atoms. The summed E-state index contributed by atoms with van der Waals surface area (Å²) in [4.78, 5) is 15.3. The first-order valence-electron chi connectivity index (χ1n) is 5.78. The first-order chi connectivity index (χ1) is 8.16. The van der Waals surface area contributed by atoms with E-state index < -0.39 is 18.0 Å². The van der Waals surface area contributed by atoms with Crippen LogP contribution in [0.3, 0.4) is 0 Å². The van der Waals surface area contributed by atoms with Crippen molar-refractivity contribution in [2.45, 2.75) is 37.8 Å². The maximum absolute atomic E-state index is 12.8. The van der Waals surface area contributed by atoms with E-state index in [2.05, 4.69) is 10.3 Å². The molecule has 92 valence electrons. The molecule has 1 amide bonds. The number of pyridine rings is 1. The molecule has 2 rings (SSSR count). The van der Waals surface area contributed by atoms with Gasteiger partial charge < -0.3 is 10.4 Å². The SMILES string of the molecule is O=C(NC1CCCCC1O)c1cccc(F)n1. The number of carbonyl (C=O) groups is 1. The molecule has 1 fully saturated rings. The minimum atomic E-state index is -0.679. The summed E-state index contributed by atoms with van der Waals surface area (Å²) in [5.41, 5.74) is 0.0442. The Morgan fingerprint density at radius 2 is 2.18 bits per heavy atom. The van der Waals surface area contributed by atoms with Crippen LogP contribution in [0.1, 0.15) is 36.2 Å². The molecule has 1 heterocycles. The number of rotatable bonds is 2. The normalized spacial score (nSPS) is 24.4. The van der Waals surface area contributed by atoms with Crippen molar-refractivity contribution in [1.82, 2.24) is 10.3 Å². The van der Waals surface area contributed by atoms with Gasteiger partial charge in [-0.2, -0.15) is 4.39 Å². The molecule has 0 aliphatic heterocycles. The number of nitrogens with one attached hydrogen (secondary N) is 1. The second kappa shape index (κ2) is 5.23. The fourth-order valence-corrected chi connectivity index (χ4v) is 2.06. The molecule has 1 aliphatic rings. The van der Waals surface area contributed by atoms with Gasteiger partial charge in [0.25, 0.3) is 5.91 Å². The second-order valence-corrected chi connectivity index (χ2v) is 4.28. The highest BCUT2D eigenvalue weighted by Gasteiger charge is 2.25. The van der Waals surface area contributed by atoms with Gasteiger partial charge in [-0.1, -0.05) is 18.9 Å². The summed E-state index contributed by atoms with van der Waals surface area (Å²) in [6.45, 7) is 0. The van der Waals surface area contributed by atoms with E-state index in [0.29, 0.717) is 6.42 Å². The number of aliphatic hydroxyl groups excluding tert-OH is 1. The molecule has 2 unspecified atom stereocenters. The lowest BCUT2D eigenvalue weighted by atomic mass is 9.92. The lowest BCUT2D eigenvalue weighted by molar-refractivity contribution is 0.0713. The predicted octanol–water partition coefficient (Wildman–Crippen LogP) is 1.25. The molecule has 0 aromatic carbocycles. The summed E-state index contributed by atoms with van der Waals surface area (Å²) in [5.74, 6) is -1.11. The molecular formula is C12H15FN2O2. The molecule has 0 bridgehead atoms. The number of carbonyl (C=O) groups excluding carboxylic acids is 1. The summed E-state index contributed by atoms with van der Waals surface area (Å²) >= 11 is 0. The van der Waals surface area contributed by atoms with E-state index in [1.54, 1.807) is 0 Å². The first-order valence-corrected chi connectivity index (χ1v) is 5.78. The van der Waals surface area contributed by atoms with Crippen molar-refractivity contribution < 1.29 is 14.3 Å². The van der Waals surface area contributed by atoms with Crippen molar-refractivity contribution in [3.8, 4) is 0 Å². The Balaban J connectivity index is 2.01. The third-order valence-corrected chi connectivity index (χ3v) is 2.99. The van der Waals surface area contributed by atoms with Crippen LogP contribution >= 0.6 is 0 Å². The van der Waals surface area contributed by atoms with Crippen molar-refractivity contribution in [2.75, 3.05) is 0 Å². The fraction of sp³-hybridized carbons (Fsp3) is 0.500. The monoisotopic (exact) mass is 238 g/mol. The number of hydrogen-bond acceptors (Lipinski definition) is 3. The van der Waals surface area contributed by atoms with E-state index in [-0.39, 0.29) is 11.7 Å². The highest BCUT2D eigenvalue weighted by molar-refractivity contribution is 5.92. The van der Waals surface area contributed by atoms with Crippen LogP contribution in [0, 0.1) is 5.95 Å². The Morgan fingerprint density at radius 3 is 2.88 bits per heavy atom. The van der Waals surface area contributed by atoms with Crippen molar-refractivity contribution in [2.24, 2.45) is 0 Å². The van der Waals surface area contributed by atoms with E-state index in [0.717, 1.165) is 19.3 Å². The van der Waals surface area contributed by atoms with Crippen LogP contribution in [0.5, 0.6) is 0 Å². The average Bonchev–Trinajstić information content (AvgIpc) is 2.32. The average molecular weight is 238 g/mol. The van der Waals surface area contributed by atoms with Gasteiger partial charge in [-0.3, -0.25) is 4.79 Å². The summed E-state index contributed by atoms with van der Waals surface area (Å²) in [5, 5.41) is 12.4. The van der Waals surface area contributed by atoms with Crippen LogP contribution in [0.15, 0.2) is 18.2 Å².